The van der Waals surface area contributed by atoms with E-state index in [1.807, 2.05) is 37.4 Å². The van der Waals surface area contributed by atoms with Crippen molar-refractivity contribution >= 4 is 47.2 Å². The number of aryl methyl sites for hydroxylation is 1. The molecule has 2 aromatic heterocycles. The van der Waals surface area contributed by atoms with Gasteiger partial charge in [-0.25, -0.2) is 9.98 Å². The van der Waals surface area contributed by atoms with E-state index in [9.17, 15) is 4.79 Å². The Labute approximate surface area is 210 Å². The van der Waals surface area contributed by atoms with Crippen molar-refractivity contribution < 1.29 is 9.21 Å². The van der Waals surface area contributed by atoms with Gasteiger partial charge in [0.05, 0.1) is 24.4 Å². The molecule has 0 unspecified atom stereocenters. The number of halogens is 1. The van der Waals surface area contributed by atoms with E-state index in [0.717, 1.165) is 48.2 Å². The second kappa shape index (κ2) is 13.9. The highest BCUT2D eigenvalue weighted by atomic mass is 127. The molecule has 32 heavy (non-hydrogen) atoms. The fraction of sp³-hybridized carbons (Fsp3) is 0.348. The lowest BCUT2D eigenvalue weighted by Crippen LogP contribution is -2.38. The molecule has 0 saturated carbocycles. The maximum atomic E-state index is 12.4. The quantitative estimate of drug-likeness (QED) is 0.195. The monoisotopic (exact) mass is 567 g/mol. The molecule has 0 aliphatic carbocycles. The van der Waals surface area contributed by atoms with Crippen LogP contribution >= 0.6 is 35.3 Å². The molecular weight excluding hydrogens is 537 g/mol. The van der Waals surface area contributed by atoms with Gasteiger partial charge in [0.1, 0.15) is 5.76 Å². The molecule has 0 spiro atoms. The number of rotatable bonds is 10. The number of furan rings is 1. The summed E-state index contributed by atoms with van der Waals surface area (Å²) in [5.74, 6) is 1.34. The van der Waals surface area contributed by atoms with Crippen LogP contribution in [0.3, 0.4) is 0 Å². The van der Waals surface area contributed by atoms with Gasteiger partial charge in [0.25, 0.3) is 5.91 Å². The molecule has 0 atom stereocenters. The van der Waals surface area contributed by atoms with Crippen LogP contribution in [-0.4, -0.2) is 29.9 Å². The van der Waals surface area contributed by atoms with Crippen LogP contribution in [-0.2, 0) is 25.9 Å². The third kappa shape index (κ3) is 8.27. The number of aliphatic imine (C=N–C) groups is 1. The van der Waals surface area contributed by atoms with E-state index < -0.39 is 0 Å². The van der Waals surface area contributed by atoms with E-state index in [-0.39, 0.29) is 29.9 Å². The van der Waals surface area contributed by atoms with Crippen LogP contribution in [0.5, 0.6) is 0 Å². The Morgan fingerprint density at radius 2 is 2.03 bits per heavy atom. The zero-order valence-corrected chi connectivity index (χ0v) is 21.5. The van der Waals surface area contributed by atoms with Gasteiger partial charge in [0.2, 0.25) is 0 Å². The van der Waals surface area contributed by atoms with Gasteiger partial charge in [-0.05, 0) is 43.2 Å². The van der Waals surface area contributed by atoms with Crippen LogP contribution in [0.25, 0.3) is 0 Å². The molecule has 0 fully saturated rings. The Morgan fingerprint density at radius 1 is 1.16 bits per heavy atom. The lowest BCUT2D eigenvalue weighted by Gasteiger charge is -2.11. The molecule has 2 heterocycles. The van der Waals surface area contributed by atoms with Gasteiger partial charge in [-0.2, -0.15) is 0 Å². The molecular formula is C23H30IN5O2S. The lowest BCUT2D eigenvalue weighted by molar-refractivity contribution is 0.0948. The predicted octanol–water partition coefficient (Wildman–Crippen LogP) is 4.14. The highest BCUT2D eigenvalue weighted by Crippen LogP contribution is 2.13. The topological polar surface area (TPSA) is 91.5 Å². The van der Waals surface area contributed by atoms with Crippen LogP contribution in [0.15, 0.2) is 58.3 Å². The molecule has 172 valence electrons. The highest BCUT2D eigenvalue weighted by Gasteiger charge is 2.07. The zero-order chi connectivity index (χ0) is 21.9. The van der Waals surface area contributed by atoms with E-state index in [0.29, 0.717) is 18.7 Å². The number of nitrogens with one attached hydrogen (secondary N) is 3. The summed E-state index contributed by atoms with van der Waals surface area (Å²) >= 11 is 1.76. The summed E-state index contributed by atoms with van der Waals surface area (Å²) in [5.41, 5.74) is 1.57. The van der Waals surface area contributed by atoms with E-state index in [1.165, 1.54) is 4.88 Å². The number of guanidine groups is 1. The number of carbonyl (C=O) groups is 1. The van der Waals surface area contributed by atoms with Gasteiger partial charge >= 0.3 is 0 Å². The number of benzene rings is 1. The van der Waals surface area contributed by atoms with Crippen molar-refractivity contribution in [3.63, 3.8) is 0 Å². The Bertz CT molecular complexity index is 988. The molecule has 0 bridgehead atoms. The first-order valence-corrected chi connectivity index (χ1v) is 11.3. The number of hydrogen-bond acceptors (Lipinski definition) is 5. The van der Waals surface area contributed by atoms with Crippen molar-refractivity contribution in [3.05, 3.63) is 75.6 Å². The number of aromatic nitrogens is 1. The van der Waals surface area contributed by atoms with Crippen molar-refractivity contribution in [1.82, 2.24) is 20.9 Å². The zero-order valence-electron chi connectivity index (χ0n) is 18.4. The molecule has 0 aliphatic rings. The molecule has 3 rings (SSSR count). The maximum Gasteiger partial charge on any atom is 0.251 e. The summed E-state index contributed by atoms with van der Waals surface area (Å²) in [7, 11) is 0. The van der Waals surface area contributed by atoms with E-state index in [1.54, 1.807) is 29.7 Å². The van der Waals surface area contributed by atoms with Crippen molar-refractivity contribution in [2.24, 2.45) is 4.99 Å². The number of thiazole rings is 1. The molecule has 3 aromatic rings. The molecule has 0 radical (unpaired) electrons. The number of carbonyl (C=O) groups excluding carboxylic acids is 1. The molecule has 0 aliphatic heterocycles. The minimum absolute atomic E-state index is 0. The first kappa shape index (κ1) is 25.9. The molecule has 7 nitrogen and oxygen atoms in total. The maximum absolute atomic E-state index is 12.4. The van der Waals surface area contributed by atoms with Gasteiger partial charge in [0.15, 0.2) is 5.96 Å². The fourth-order valence-electron chi connectivity index (χ4n) is 2.92. The van der Waals surface area contributed by atoms with Crippen LogP contribution in [0.1, 0.15) is 45.4 Å². The van der Waals surface area contributed by atoms with E-state index in [4.69, 9.17) is 4.42 Å². The SMILES string of the molecule is CCNC(=NCc1cccc(C(=O)NCc2ccco2)c1)NCCc1ncc(CC)s1.I. The molecule has 1 amide bonds. The minimum Gasteiger partial charge on any atom is -0.467 e. The van der Waals surface area contributed by atoms with Crippen molar-refractivity contribution in [3.8, 4) is 0 Å². The average Bonchev–Trinajstić information content (AvgIpc) is 3.48. The Kier molecular flexibility index (Phi) is 11.2. The molecule has 0 saturated heterocycles. The smallest absolute Gasteiger partial charge is 0.251 e. The van der Waals surface area contributed by atoms with Gasteiger partial charge in [0, 0.05) is 36.1 Å². The summed E-state index contributed by atoms with van der Waals surface area (Å²) < 4.78 is 5.25. The summed E-state index contributed by atoms with van der Waals surface area (Å²) in [6.07, 6.45) is 5.43. The summed E-state index contributed by atoms with van der Waals surface area (Å²) in [6.45, 7) is 6.56. The predicted molar refractivity (Wildman–Crippen MR) is 140 cm³/mol. The van der Waals surface area contributed by atoms with Gasteiger partial charge in [-0.15, -0.1) is 35.3 Å². The summed E-state index contributed by atoms with van der Waals surface area (Å²) in [4.78, 5) is 22.8. The van der Waals surface area contributed by atoms with Crippen LogP contribution in [0.2, 0.25) is 0 Å². The van der Waals surface area contributed by atoms with Crippen LogP contribution in [0, 0.1) is 0 Å². The fourth-order valence-corrected chi connectivity index (χ4v) is 3.78. The summed E-state index contributed by atoms with van der Waals surface area (Å²) in [5, 5.41) is 10.6. The van der Waals surface area contributed by atoms with Crippen molar-refractivity contribution in [2.75, 3.05) is 13.1 Å². The number of amides is 1. The third-order valence-corrected chi connectivity index (χ3v) is 5.74. The van der Waals surface area contributed by atoms with E-state index in [2.05, 4.69) is 32.9 Å². The summed E-state index contributed by atoms with van der Waals surface area (Å²) in [6, 6.07) is 11.1. The average molecular weight is 567 g/mol. The highest BCUT2D eigenvalue weighted by molar-refractivity contribution is 14.0. The molecule has 9 heteroatoms. The minimum atomic E-state index is -0.137. The lowest BCUT2D eigenvalue weighted by atomic mass is 10.1. The van der Waals surface area contributed by atoms with Gasteiger partial charge in [-0.3, -0.25) is 4.79 Å². The second-order valence-electron chi connectivity index (χ2n) is 6.91. The van der Waals surface area contributed by atoms with E-state index >= 15 is 0 Å². The Balaban J connectivity index is 0.00000363. The van der Waals surface area contributed by atoms with Crippen molar-refractivity contribution in [1.29, 1.82) is 0 Å². The van der Waals surface area contributed by atoms with Crippen molar-refractivity contribution in [2.45, 2.75) is 39.8 Å². The van der Waals surface area contributed by atoms with Gasteiger partial charge in [-0.1, -0.05) is 19.1 Å². The Hall–Kier alpha value is -2.40. The molecule has 3 N–H and O–H groups in total. The second-order valence-corrected chi connectivity index (χ2v) is 8.11. The number of nitrogens with zero attached hydrogens (tertiary/aromatic N) is 2. The molecule has 1 aromatic carbocycles. The normalized spacial score (nSPS) is 11.0. The third-order valence-electron chi connectivity index (χ3n) is 4.54. The van der Waals surface area contributed by atoms with Crippen LogP contribution in [0.4, 0.5) is 0 Å². The van der Waals surface area contributed by atoms with Gasteiger partial charge < -0.3 is 20.4 Å². The first-order valence-electron chi connectivity index (χ1n) is 10.5. The first-order chi connectivity index (χ1) is 15.2. The Morgan fingerprint density at radius 3 is 2.75 bits per heavy atom. The number of hydrogen-bond donors (Lipinski definition) is 3. The largest absolute Gasteiger partial charge is 0.467 e. The van der Waals surface area contributed by atoms with Crippen LogP contribution < -0.4 is 16.0 Å². The standard InChI is InChI=1S/C23H29N5O2S.HI/c1-3-20-16-26-21(31-20)10-11-25-23(24-4-2)28-14-17-7-5-8-18(13-17)22(29)27-15-19-9-6-12-30-19;/h5-9,12-13,16H,3-4,10-11,14-15H2,1-2H3,(H,27,29)(H2,24,25,28);1H.